The summed E-state index contributed by atoms with van der Waals surface area (Å²) in [5, 5.41) is 29.5. The number of nitrogens with zero attached hydrogens (tertiary/aromatic N) is 11. The number of hydrogen-bond donors (Lipinski definition) is 2. The van der Waals surface area contributed by atoms with Gasteiger partial charge in [-0.2, -0.15) is 28.8 Å². The van der Waals surface area contributed by atoms with Crippen LogP contribution in [0.2, 0.25) is 0 Å². The van der Waals surface area contributed by atoms with Gasteiger partial charge in [-0.25, -0.2) is 28.7 Å². The highest BCUT2D eigenvalue weighted by Crippen LogP contribution is 2.37. The van der Waals surface area contributed by atoms with Gasteiger partial charge in [0.05, 0.1) is 31.8 Å². The molecule has 0 bridgehead atoms. The highest BCUT2D eigenvalue weighted by molar-refractivity contribution is 5.79. The molecule has 0 spiro atoms. The lowest BCUT2D eigenvalue weighted by atomic mass is 9.99. The quantitative estimate of drug-likeness (QED) is 0.109. The molecule has 15 nitrogen and oxygen atoms in total. The zero-order chi connectivity index (χ0) is 45.7. The fourth-order valence-electron chi connectivity index (χ4n) is 8.58. The van der Waals surface area contributed by atoms with Crippen molar-refractivity contribution in [2.24, 2.45) is 0 Å². The summed E-state index contributed by atoms with van der Waals surface area (Å²) in [4.78, 5) is 20.1. The Bertz CT molecular complexity index is 3270. The van der Waals surface area contributed by atoms with Gasteiger partial charge in [0, 0.05) is 102 Å². The van der Waals surface area contributed by atoms with Crippen molar-refractivity contribution < 1.29 is 31.4 Å². The number of alkyl halides is 3. The molecular formula is C46H36F5N13O2. The maximum atomic E-state index is 16.1. The average Bonchev–Trinajstić information content (AvgIpc) is 4.16. The Morgan fingerprint density at radius 3 is 2.02 bits per heavy atom. The Labute approximate surface area is 372 Å². The monoisotopic (exact) mass is 897 g/mol. The van der Waals surface area contributed by atoms with E-state index in [0.717, 1.165) is 26.9 Å². The van der Waals surface area contributed by atoms with E-state index in [1.165, 1.54) is 41.3 Å². The minimum Gasteiger partial charge on any atom is -0.493 e. The van der Waals surface area contributed by atoms with Gasteiger partial charge in [0.1, 0.15) is 41.8 Å². The largest absolute Gasteiger partial charge is 0.493 e. The van der Waals surface area contributed by atoms with E-state index in [9.17, 15) is 28.1 Å². The van der Waals surface area contributed by atoms with Crippen LogP contribution in [-0.2, 0) is 45.6 Å². The van der Waals surface area contributed by atoms with Gasteiger partial charge in [0.15, 0.2) is 22.7 Å². The molecule has 2 aliphatic rings. The van der Waals surface area contributed by atoms with Gasteiger partial charge in [0.25, 0.3) is 0 Å². The van der Waals surface area contributed by atoms with Crippen LogP contribution in [0.25, 0.3) is 33.5 Å². The summed E-state index contributed by atoms with van der Waals surface area (Å²) in [6, 6.07) is 16.5. The van der Waals surface area contributed by atoms with Gasteiger partial charge in [-0.15, -0.1) is 0 Å². The molecule has 5 aromatic heterocycles. The number of nitrogens with one attached hydrogen (secondary N) is 2. The maximum absolute atomic E-state index is 16.1. The maximum Gasteiger partial charge on any atom is 0.408 e. The third-order valence-electron chi connectivity index (χ3n) is 11.6. The highest BCUT2D eigenvalue weighted by atomic mass is 19.4. The minimum atomic E-state index is -4.46. The second kappa shape index (κ2) is 16.8. The molecule has 332 valence electrons. The van der Waals surface area contributed by atoms with E-state index in [1.54, 1.807) is 22.9 Å². The number of anilines is 2. The van der Waals surface area contributed by atoms with Crippen LogP contribution < -0.4 is 20.1 Å². The molecule has 7 heterocycles. The molecule has 10 rings (SSSR count). The van der Waals surface area contributed by atoms with Crippen LogP contribution in [0.5, 0.6) is 11.5 Å². The first-order chi connectivity index (χ1) is 31.9. The van der Waals surface area contributed by atoms with Gasteiger partial charge in [0.2, 0.25) is 11.9 Å². The van der Waals surface area contributed by atoms with Gasteiger partial charge < -0.3 is 20.1 Å². The smallest absolute Gasteiger partial charge is 0.408 e. The molecule has 0 fully saturated rings. The zero-order valence-electron chi connectivity index (χ0n) is 35.0. The van der Waals surface area contributed by atoms with E-state index in [0.29, 0.717) is 95.6 Å². The lowest BCUT2D eigenvalue weighted by Crippen LogP contribution is -2.18. The van der Waals surface area contributed by atoms with Gasteiger partial charge in [-0.05, 0) is 36.4 Å². The summed E-state index contributed by atoms with van der Waals surface area (Å²) >= 11 is 0. The molecule has 0 unspecified atom stereocenters. The number of ether oxygens (including phenoxy) is 2. The fourth-order valence-corrected chi connectivity index (χ4v) is 8.58. The third-order valence-corrected chi connectivity index (χ3v) is 11.6. The minimum absolute atomic E-state index is 0.0216. The predicted octanol–water partition coefficient (Wildman–Crippen LogP) is 7.61. The number of aromatic nitrogens is 8. The Morgan fingerprint density at radius 1 is 0.742 bits per heavy atom. The Morgan fingerprint density at radius 2 is 1.36 bits per heavy atom. The molecule has 3 aromatic carbocycles. The van der Waals surface area contributed by atoms with Crippen molar-refractivity contribution in [1.82, 2.24) is 43.4 Å². The van der Waals surface area contributed by atoms with Crippen LogP contribution in [0, 0.1) is 34.3 Å². The van der Waals surface area contributed by atoms with Crippen LogP contribution in [-0.4, -0.2) is 69.9 Å². The Balaban J connectivity index is 0.827. The lowest BCUT2D eigenvalue weighted by molar-refractivity contribution is -0.142. The molecule has 2 N–H and O–H groups in total. The summed E-state index contributed by atoms with van der Waals surface area (Å²) in [5.41, 5.74) is 7.39. The van der Waals surface area contributed by atoms with Crippen LogP contribution >= 0.6 is 0 Å². The molecule has 0 atom stereocenters. The molecule has 0 radical (unpaired) electrons. The van der Waals surface area contributed by atoms with E-state index >= 15 is 4.39 Å². The van der Waals surface area contributed by atoms with Gasteiger partial charge in [-0.3, -0.25) is 18.4 Å². The van der Waals surface area contributed by atoms with E-state index in [1.807, 2.05) is 37.4 Å². The van der Waals surface area contributed by atoms with Crippen molar-refractivity contribution in [2.75, 3.05) is 30.9 Å². The van der Waals surface area contributed by atoms with Crippen LogP contribution in [0.3, 0.4) is 0 Å². The van der Waals surface area contributed by atoms with Gasteiger partial charge in [-0.1, -0.05) is 24.3 Å². The highest BCUT2D eigenvalue weighted by Gasteiger charge is 2.29. The summed E-state index contributed by atoms with van der Waals surface area (Å²) in [5.74, 6) is 1.17. The van der Waals surface area contributed by atoms with Crippen LogP contribution in [0.4, 0.5) is 33.8 Å². The predicted molar refractivity (Wildman–Crippen MR) is 229 cm³/mol. The topological polar surface area (TPSA) is 172 Å². The molecule has 66 heavy (non-hydrogen) atoms. The van der Waals surface area contributed by atoms with Crippen LogP contribution in [0.1, 0.15) is 44.8 Å². The van der Waals surface area contributed by atoms with Crippen molar-refractivity contribution >= 4 is 23.2 Å². The molecule has 0 amide bonds. The first-order valence-corrected chi connectivity index (χ1v) is 20.7. The number of benzene rings is 3. The van der Waals surface area contributed by atoms with E-state index < -0.39 is 18.5 Å². The van der Waals surface area contributed by atoms with Crippen LogP contribution in [0.15, 0.2) is 79.6 Å². The van der Waals surface area contributed by atoms with Crippen molar-refractivity contribution in [2.45, 2.75) is 51.7 Å². The lowest BCUT2D eigenvalue weighted by Gasteiger charge is -2.20. The number of rotatable bonds is 13. The zero-order valence-corrected chi connectivity index (χ0v) is 35.0. The second-order valence-corrected chi connectivity index (χ2v) is 16.0. The first-order valence-electron chi connectivity index (χ1n) is 20.7. The molecule has 0 saturated heterocycles. The molecule has 8 aromatic rings. The third kappa shape index (κ3) is 8.02. The normalized spacial score (nSPS) is 13.1. The molecule has 0 saturated carbocycles. The number of hydrogen-bond acceptors (Lipinski definition) is 12. The number of imidazole rings is 2. The fraction of sp³-hybridized carbons (Fsp3) is 0.239. The standard InChI is InChI=1S/C46H36F5N13O2/c1-61(20-26-2-4-27(5-3-26)34-16-54-44(63-23-30(13-52)59-42(34)63)56-18-36-32-8-10-65-40(32)7-6-38(36)47)21-28-12-39(48)37(33-9-11-66-41(28)33)19-57-45-55-17-35(43-60-31(14-53)24-64(43)45)29-15-58-62(22-29)25-46(49,50)51/h2-7,12,15-17,22-24H,8-11,18-21,25H2,1H3,(H,54,56)(H,55,57). The van der Waals surface area contributed by atoms with E-state index in [2.05, 4.69) is 46.6 Å². The number of fused-ring (bicyclic) bond motifs is 4. The Hall–Kier alpha value is -8.10. The molecular weight excluding hydrogens is 862 g/mol. The molecule has 20 heteroatoms. The van der Waals surface area contributed by atoms with Crippen molar-refractivity contribution in [1.29, 1.82) is 10.5 Å². The summed E-state index contributed by atoms with van der Waals surface area (Å²) in [6.07, 6.45) is 5.28. The summed E-state index contributed by atoms with van der Waals surface area (Å²) in [7, 11) is 1.93. The van der Waals surface area contributed by atoms with E-state index in [4.69, 9.17) is 9.47 Å². The SMILES string of the molecule is CN(Cc1ccc(-c2cnc(NCc3c(F)ccc4c3CCO4)n3cc(C#N)nc23)cc1)Cc1cc(F)c(CNc2ncc(-c3cnn(CC(F)(F)F)c3)c3nc(C#N)cn23)c2c1OCC2. The van der Waals surface area contributed by atoms with Gasteiger partial charge >= 0.3 is 6.18 Å². The second-order valence-electron chi connectivity index (χ2n) is 16.0. The first kappa shape index (κ1) is 41.9. The summed E-state index contributed by atoms with van der Waals surface area (Å²) < 4.78 is 85.6. The van der Waals surface area contributed by atoms with Crippen molar-refractivity contribution in [3.05, 3.63) is 136 Å². The van der Waals surface area contributed by atoms with Crippen molar-refractivity contribution in [3.63, 3.8) is 0 Å². The summed E-state index contributed by atoms with van der Waals surface area (Å²) in [6.45, 7) is 0.711. The Kier molecular flexibility index (Phi) is 10.7. The number of halogens is 5. The number of nitriles is 2. The average molecular weight is 898 g/mol. The molecule has 2 aliphatic heterocycles. The van der Waals surface area contributed by atoms with Crippen molar-refractivity contribution in [3.8, 4) is 45.9 Å². The van der Waals surface area contributed by atoms with E-state index in [-0.39, 0.29) is 41.9 Å². The molecule has 0 aliphatic carbocycles.